The molecule has 1 rings (SSSR count). The summed E-state index contributed by atoms with van der Waals surface area (Å²) in [7, 11) is 4.12. The van der Waals surface area contributed by atoms with E-state index in [-0.39, 0.29) is 0 Å². The van der Waals surface area contributed by atoms with Crippen LogP contribution >= 0.6 is 11.7 Å². The van der Waals surface area contributed by atoms with Crippen molar-refractivity contribution in [2.45, 2.75) is 6.54 Å². The van der Waals surface area contributed by atoms with Crippen molar-refractivity contribution in [1.29, 1.82) is 0 Å². The highest BCUT2D eigenvalue weighted by atomic mass is 32.1. The van der Waals surface area contributed by atoms with Crippen LogP contribution in [-0.4, -0.2) is 40.8 Å². The summed E-state index contributed by atoms with van der Waals surface area (Å²) in [6.45, 7) is 2.87. The van der Waals surface area contributed by atoms with E-state index in [9.17, 15) is 0 Å². The van der Waals surface area contributed by atoms with Gasteiger partial charge in [0, 0.05) is 19.6 Å². The van der Waals surface area contributed by atoms with Crippen LogP contribution in [0, 0.1) is 0 Å². The van der Waals surface area contributed by atoms with Gasteiger partial charge in [-0.3, -0.25) is 0 Å². The Balaban J connectivity index is 2.04. The SMILES string of the molecule is CN(C)CCNCc1cnsn1. The zero-order chi connectivity index (χ0) is 8.81. The fourth-order valence-corrected chi connectivity index (χ4v) is 1.21. The first kappa shape index (κ1) is 9.57. The third-order valence-corrected chi connectivity index (χ3v) is 1.96. The Hall–Kier alpha value is -0.520. The van der Waals surface area contributed by atoms with Gasteiger partial charge in [-0.25, -0.2) is 0 Å². The molecule has 4 nitrogen and oxygen atoms in total. The fourth-order valence-electron chi connectivity index (χ4n) is 0.781. The van der Waals surface area contributed by atoms with E-state index in [4.69, 9.17) is 0 Å². The van der Waals surface area contributed by atoms with Crippen molar-refractivity contribution in [3.63, 3.8) is 0 Å². The third kappa shape index (κ3) is 3.75. The summed E-state index contributed by atoms with van der Waals surface area (Å²) < 4.78 is 8.00. The Morgan fingerprint density at radius 2 is 2.42 bits per heavy atom. The summed E-state index contributed by atoms with van der Waals surface area (Å²) in [5.74, 6) is 0. The van der Waals surface area contributed by atoms with E-state index < -0.39 is 0 Å². The Morgan fingerprint density at radius 3 is 3.00 bits per heavy atom. The van der Waals surface area contributed by atoms with Gasteiger partial charge >= 0.3 is 0 Å². The van der Waals surface area contributed by atoms with Crippen LogP contribution in [0.2, 0.25) is 0 Å². The van der Waals surface area contributed by atoms with Gasteiger partial charge in [0.05, 0.1) is 23.6 Å². The highest BCUT2D eigenvalue weighted by molar-refractivity contribution is 6.99. The molecule has 0 radical (unpaired) electrons. The molecule has 0 saturated heterocycles. The van der Waals surface area contributed by atoms with E-state index in [0.29, 0.717) is 0 Å². The lowest BCUT2D eigenvalue weighted by molar-refractivity contribution is 0.399. The van der Waals surface area contributed by atoms with E-state index >= 15 is 0 Å². The number of rotatable bonds is 5. The van der Waals surface area contributed by atoms with Gasteiger partial charge in [-0.2, -0.15) is 8.75 Å². The van der Waals surface area contributed by atoms with Gasteiger partial charge in [0.25, 0.3) is 0 Å². The largest absolute Gasteiger partial charge is 0.310 e. The van der Waals surface area contributed by atoms with Crippen LogP contribution in [0.15, 0.2) is 6.20 Å². The normalized spacial score (nSPS) is 10.9. The van der Waals surface area contributed by atoms with Gasteiger partial charge in [-0.05, 0) is 14.1 Å². The van der Waals surface area contributed by atoms with Crippen molar-refractivity contribution in [2.24, 2.45) is 0 Å². The van der Waals surface area contributed by atoms with Gasteiger partial charge in [0.15, 0.2) is 0 Å². The molecule has 0 amide bonds. The topological polar surface area (TPSA) is 41.0 Å². The maximum absolute atomic E-state index is 4.09. The number of hydrogen-bond acceptors (Lipinski definition) is 5. The second-order valence-corrected chi connectivity index (χ2v) is 3.44. The standard InChI is InChI=1S/C7H14N4S/c1-11(2)4-3-8-5-7-6-9-12-10-7/h6,8H,3-5H2,1-2H3. The average molecular weight is 186 g/mol. The van der Waals surface area contributed by atoms with Crippen LogP contribution in [0.25, 0.3) is 0 Å². The Labute approximate surface area is 76.9 Å². The number of likely N-dealkylation sites (N-methyl/N-ethyl adjacent to an activating group) is 1. The summed E-state index contributed by atoms with van der Waals surface area (Å²) in [5, 5.41) is 3.28. The molecule has 0 aliphatic heterocycles. The van der Waals surface area contributed by atoms with Gasteiger partial charge in [0.2, 0.25) is 0 Å². The first-order chi connectivity index (χ1) is 5.79. The molecule has 0 aliphatic carbocycles. The van der Waals surface area contributed by atoms with E-state index in [0.717, 1.165) is 25.3 Å². The van der Waals surface area contributed by atoms with Crippen molar-refractivity contribution in [3.8, 4) is 0 Å². The molecule has 0 saturated carbocycles. The van der Waals surface area contributed by atoms with Crippen LogP contribution in [0.1, 0.15) is 5.69 Å². The predicted molar refractivity (Wildman–Crippen MR) is 50.2 cm³/mol. The first-order valence-corrected chi connectivity index (χ1v) is 4.64. The van der Waals surface area contributed by atoms with E-state index in [1.807, 2.05) is 0 Å². The molecule has 1 heterocycles. The highest BCUT2D eigenvalue weighted by Gasteiger charge is 1.94. The molecule has 0 bridgehead atoms. The van der Waals surface area contributed by atoms with Crippen LogP contribution in [0.4, 0.5) is 0 Å². The van der Waals surface area contributed by atoms with Gasteiger partial charge in [0.1, 0.15) is 0 Å². The summed E-state index contributed by atoms with van der Waals surface area (Å²) in [6, 6.07) is 0. The quantitative estimate of drug-likeness (QED) is 0.666. The number of nitrogens with one attached hydrogen (secondary N) is 1. The number of aromatic nitrogens is 2. The molecule has 0 unspecified atom stereocenters. The minimum Gasteiger partial charge on any atom is -0.310 e. The van der Waals surface area contributed by atoms with Crippen molar-refractivity contribution in [1.82, 2.24) is 19.0 Å². The third-order valence-electron chi connectivity index (χ3n) is 1.45. The lowest BCUT2D eigenvalue weighted by Gasteiger charge is -2.08. The predicted octanol–water partition coefficient (Wildman–Crippen LogP) is 0.189. The number of hydrogen-bond donors (Lipinski definition) is 1. The fraction of sp³-hybridized carbons (Fsp3) is 0.714. The van der Waals surface area contributed by atoms with E-state index in [1.54, 1.807) is 6.20 Å². The average Bonchev–Trinajstić information content (AvgIpc) is 2.49. The molecule has 0 aromatic carbocycles. The molecule has 5 heteroatoms. The van der Waals surface area contributed by atoms with Crippen molar-refractivity contribution >= 4 is 11.7 Å². The summed E-state index contributed by atoms with van der Waals surface area (Å²) in [4.78, 5) is 2.15. The lowest BCUT2D eigenvalue weighted by Crippen LogP contribution is -2.26. The molecule has 68 valence electrons. The second kappa shape index (κ2) is 5.18. The molecular weight excluding hydrogens is 172 g/mol. The van der Waals surface area contributed by atoms with E-state index in [2.05, 4.69) is 33.1 Å². The Morgan fingerprint density at radius 1 is 1.58 bits per heavy atom. The van der Waals surface area contributed by atoms with Crippen molar-refractivity contribution < 1.29 is 0 Å². The van der Waals surface area contributed by atoms with Crippen molar-refractivity contribution in [2.75, 3.05) is 27.2 Å². The maximum Gasteiger partial charge on any atom is 0.0880 e. The highest BCUT2D eigenvalue weighted by Crippen LogP contribution is 1.92. The summed E-state index contributed by atoms with van der Waals surface area (Å²) >= 11 is 1.25. The molecular formula is C7H14N4S. The number of nitrogens with zero attached hydrogens (tertiary/aromatic N) is 3. The van der Waals surface area contributed by atoms with Crippen LogP contribution in [0.3, 0.4) is 0 Å². The monoisotopic (exact) mass is 186 g/mol. The smallest absolute Gasteiger partial charge is 0.0880 e. The molecule has 0 atom stereocenters. The minimum absolute atomic E-state index is 0.824. The maximum atomic E-state index is 4.09. The van der Waals surface area contributed by atoms with Crippen LogP contribution in [0.5, 0.6) is 0 Å². The second-order valence-electron chi connectivity index (χ2n) is 2.88. The molecule has 1 aromatic rings. The van der Waals surface area contributed by atoms with Crippen LogP contribution < -0.4 is 5.32 Å². The van der Waals surface area contributed by atoms with E-state index in [1.165, 1.54) is 11.7 Å². The molecule has 12 heavy (non-hydrogen) atoms. The molecule has 0 spiro atoms. The lowest BCUT2D eigenvalue weighted by atomic mass is 10.4. The molecule has 0 fully saturated rings. The molecule has 1 aromatic heterocycles. The van der Waals surface area contributed by atoms with Crippen molar-refractivity contribution in [3.05, 3.63) is 11.9 Å². The summed E-state index contributed by atoms with van der Waals surface area (Å²) in [6.07, 6.45) is 1.80. The van der Waals surface area contributed by atoms with Gasteiger partial charge in [-0.15, -0.1) is 0 Å². The Kier molecular flexibility index (Phi) is 4.13. The van der Waals surface area contributed by atoms with Gasteiger partial charge < -0.3 is 10.2 Å². The molecule has 0 aliphatic rings. The molecule has 1 N–H and O–H groups in total. The minimum atomic E-state index is 0.824. The van der Waals surface area contributed by atoms with Gasteiger partial charge in [-0.1, -0.05) is 0 Å². The summed E-state index contributed by atoms with van der Waals surface area (Å²) in [5.41, 5.74) is 1.03. The van der Waals surface area contributed by atoms with Crippen LogP contribution in [-0.2, 0) is 6.54 Å². The zero-order valence-electron chi connectivity index (χ0n) is 7.45. The Bertz CT molecular complexity index is 197. The zero-order valence-corrected chi connectivity index (χ0v) is 8.27. The first-order valence-electron chi connectivity index (χ1n) is 3.91.